The van der Waals surface area contributed by atoms with E-state index in [2.05, 4.69) is 15.1 Å². The SMILES string of the molecule is Cc1cccc2cc(Cn3nc(-c4cc(O)cc(F)c4)c4c(N)ncnc43)n(-c3ccccc3O)c(=O)c12. The number of fused-ring (bicyclic) bond motifs is 2. The molecule has 0 aliphatic heterocycles. The van der Waals surface area contributed by atoms with Crippen molar-refractivity contribution in [2.75, 3.05) is 5.73 Å². The molecule has 10 heteroatoms. The predicted molar refractivity (Wildman–Crippen MR) is 142 cm³/mol. The van der Waals surface area contributed by atoms with E-state index in [1.54, 1.807) is 18.2 Å². The van der Waals surface area contributed by atoms with E-state index in [9.17, 15) is 19.4 Å². The summed E-state index contributed by atoms with van der Waals surface area (Å²) in [4.78, 5) is 22.3. The number of nitrogen functional groups attached to an aromatic ring is 1. The van der Waals surface area contributed by atoms with Gasteiger partial charge < -0.3 is 15.9 Å². The largest absolute Gasteiger partial charge is 0.508 e. The highest BCUT2D eigenvalue weighted by Crippen LogP contribution is 2.33. The lowest BCUT2D eigenvalue weighted by atomic mass is 10.1. The Labute approximate surface area is 214 Å². The number of aromatic hydroxyl groups is 2. The van der Waals surface area contributed by atoms with E-state index in [-0.39, 0.29) is 35.1 Å². The van der Waals surface area contributed by atoms with Crippen LogP contribution in [0.2, 0.25) is 0 Å². The number of phenols is 2. The second-order valence-corrected chi connectivity index (χ2v) is 8.97. The van der Waals surface area contributed by atoms with Crippen molar-refractivity contribution in [3.8, 4) is 28.4 Å². The number of benzene rings is 3. The Morgan fingerprint density at radius 1 is 0.974 bits per heavy atom. The summed E-state index contributed by atoms with van der Waals surface area (Å²) in [6, 6.07) is 17.6. The van der Waals surface area contributed by atoms with E-state index >= 15 is 0 Å². The third kappa shape index (κ3) is 3.70. The molecule has 188 valence electrons. The van der Waals surface area contributed by atoms with Gasteiger partial charge >= 0.3 is 0 Å². The van der Waals surface area contributed by atoms with Crippen molar-refractivity contribution in [2.24, 2.45) is 0 Å². The van der Waals surface area contributed by atoms with Gasteiger partial charge in [-0.05, 0) is 48.2 Å². The van der Waals surface area contributed by atoms with Gasteiger partial charge in [0, 0.05) is 17.3 Å². The Morgan fingerprint density at radius 2 is 1.79 bits per heavy atom. The summed E-state index contributed by atoms with van der Waals surface area (Å²) in [6.07, 6.45) is 1.29. The van der Waals surface area contributed by atoms with Crippen LogP contribution in [0.4, 0.5) is 10.2 Å². The van der Waals surface area contributed by atoms with Crippen LogP contribution in [0.15, 0.2) is 77.9 Å². The molecule has 6 aromatic rings. The van der Waals surface area contributed by atoms with Crippen molar-refractivity contribution in [1.29, 1.82) is 0 Å². The summed E-state index contributed by atoms with van der Waals surface area (Å²) >= 11 is 0. The number of hydrogen-bond donors (Lipinski definition) is 3. The molecule has 4 N–H and O–H groups in total. The van der Waals surface area contributed by atoms with Gasteiger partial charge in [-0.15, -0.1) is 0 Å². The van der Waals surface area contributed by atoms with Crippen LogP contribution in [0.25, 0.3) is 38.8 Å². The Hall–Kier alpha value is -5.25. The highest BCUT2D eigenvalue weighted by molar-refractivity contribution is 5.98. The van der Waals surface area contributed by atoms with Gasteiger partial charge in [0.05, 0.1) is 23.0 Å². The van der Waals surface area contributed by atoms with Gasteiger partial charge in [-0.2, -0.15) is 5.10 Å². The zero-order valence-electron chi connectivity index (χ0n) is 20.1. The number of halogens is 1. The van der Waals surface area contributed by atoms with Crippen LogP contribution >= 0.6 is 0 Å². The first-order chi connectivity index (χ1) is 18.3. The number of rotatable bonds is 4. The van der Waals surface area contributed by atoms with Crippen LogP contribution < -0.4 is 11.3 Å². The molecule has 0 fully saturated rings. The second kappa shape index (κ2) is 8.70. The smallest absolute Gasteiger partial charge is 0.263 e. The molecule has 0 saturated carbocycles. The zero-order valence-corrected chi connectivity index (χ0v) is 20.1. The van der Waals surface area contributed by atoms with Crippen LogP contribution in [0, 0.1) is 12.7 Å². The van der Waals surface area contributed by atoms with Gasteiger partial charge in [0.2, 0.25) is 0 Å². The van der Waals surface area contributed by atoms with Crippen LogP contribution in [-0.2, 0) is 6.54 Å². The average Bonchev–Trinajstić information content (AvgIpc) is 3.24. The maximum Gasteiger partial charge on any atom is 0.263 e. The van der Waals surface area contributed by atoms with Crippen molar-refractivity contribution in [3.05, 3.63) is 100 Å². The summed E-state index contributed by atoms with van der Waals surface area (Å²) in [7, 11) is 0. The molecule has 0 saturated heterocycles. The lowest BCUT2D eigenvalue weighted by molar-refractivity contribution is 0.469. The summed E-state index contributed by atoms with van der Waals surface area (Å²) in [5, 5.41) is 26.9. The average molecular weight is 509 g/mol. The summed E-state index contributed by atoms with van der Waals surface area (Å²) in [5.41, 5.74) is 8.46. The molecule has 0 amide bonds. The minimum Gasteiger partial charge on any atom is -0.508 e. The molecule has 0 aliphatic carbocycles. The number of para-hydroxylation sites is 2. The topological polar surface area (TPSA) is 132 Å². The lowest BCUT2D eigenvalue weighted by Gasteiger charge is -2.17. The van der Waals surface area contributed by atoms with Crippen molar-refractivity contribution in [1.82, 2.24) is 24.3 Å². The number of nitrogens with two attached hydrogens (primary N) is 1. The Balaban J connectivity index is 1.63. The normalized spacial score (nSPS) is 11.4. The monoisotopic (exact) mass is 508 g/mol. The third-order valence-electron chi connectivity index (χ3n) is 6.48. The molecule has 0 radical (unpaired) electrons. The molecule has 0 spiro atoms. The molecule has 9 nitrogen and oxygen atoms in total. The number of hydrogen-bond acceptors (Lipinski definition) is 7. The third-order valence-corrected chi connectivity index (χ3v) is 6.48. The van der Waals surface area contributed by atoms with E-state index in [0.717, 1.165) is 17.0 Å². The first-order valence-electron chi connectivity index (χ1n) is 11.7. The fraction of sp³-hybridized carbons (Fsp3) is 0.0714. The van der Waals surface area contributed by atoms with Crippen molar-refractivity contribution in [2.45, 2.75) is 13.5 Å². The molecule has 3 aromatic carbocycles. The quantitative estimate of drug-likeness (QED) is 0.324. The van der Waals surface area contributed by atoms with E-state index in [4.69, 9.17) is 5.73 Å². The standard InChI is InChI=1S/C28H21FN6O3/c1-15-5-4-6-16-10-19(35(28(38)23(15)16)21-7-2-3-8-22(21)37)13-34-27-24(26(30)31-14-32-27)25(33-34)17-9-18(29)12-20(36)11-17/h2-12,14,36-37H,13H2,1H3,(H2,30,31,32). The molecule has 0 bridgehead atoms. The maximum atomic E-state index is 14.2. The highest BCUT2D eigenvalue weighted by atomic mass is 19.1. The Morgan fingerprint density at radius 3 is 2.58 bits per heavy atom. The fourth-order valence-electron chi connectivity index (χ4n) is 4.83. The molecule has 6 rings (SSSR count). The summed E-state index contributed by atoms with van der Waals surface area (Å²) < 4.78 is 17.1. The van der Waals surface area contributed by atoms with Crippen molar-refractivity contribution >= 4 is 27.6 Å². The van der Waals surface area contributed by atoms with Crippen molar-refractivity contribution < 1.29 is 14.6 Å². The first kappa shape index (κ1) is 23.2. The molecule has 38 heavy (non-hydrogen) atoms. The number of aryl methyl sites for hydroxylation is 1. The zero-order chi connectivity index (χ0) is 26.6. The number of nitrogens with zero attached hydrogens (tertiary/aromatic N) is 5. The van der Waals surface area contributed by atoms with Gasteiger partial charge in [-0.1, -0.05) is 30.3 Å². The van der Waals surface area contributed by atoms with E-state index in [1.807, 2.05) is 31.2 Å². The minimum atomic E-state index is -0.642. The maximum absolute atomic E-state index is 14.2. The molecular formula is C28H21FN6O3. The van der Waals surface area contributed by atoms with Crippen molar-refractivity contribution in [3.63, 3.8) is 0 Å². The van der Waals surface area contributed by atoms with Crippen LogP contribution in [0.5, 0.6) is 11.5 Å². The number of phenolic OH excluding ortho intramolecular Hbond substituents is 2. The second-order valence-electron chi connectivity index (χ2n) is 8.97. The molecular weight excluding hydrogens is 487 g/mol. The van der Waals surface area contributed by atoms with Gasteiger partial charge in [0.1, 0.15) is 35.2 Å². The predicted octanol–water partition coefficient (Wildman–Crippen LogP) is 4.29. The van der Waals surface area contributed by atoms with E-state index < -0.39 is 5.82 Å². The van der Waals surface area contributed by atoms with Gasteiger partial charge in [0.15, 0.2) is 5.65 Å². The molecule has 0 aliphatic rings. The summed E-state index contributed by atoms with van der Waals surface area (Å²) in [5.74, 6) is -0.836. The van der Waals surface area contributed by atoms with E-state index in [0.29, 0.717) is 33.4 Å². The fourth-order valence-corrected chi connectivity index (χ4v) is 4.83. The number of anilines is 1. The van der Waals surface area contributed by atoms with E-state index in [1.165, 1.54) is 33.8 Å². The number of pyridine rings is 1. The van der Waals surface area contributed by atoms with Gasteiger partial charge in [-0.25, -0.2) is 19.0 Å². The van der Waals surface area contributed by atoms with Crippen LogP contribution in [0.1, 0.15) is 11.3 Å². The first-order valence-corrected chi connectivity index (χ1v) is 11.7. The molecule has 0 unspecified atom stereocenters. The Kier molecular flexibility index (Phi) is 5.30. The molecule has 0 atom stereocenters. The lowest BCUT2D eigenvalue weighted by Crippen LogP contribution is -2.24. The Bertz CT molecular complexity index is 1930. The molecule has 3 aromatic heterocycles. The molecule has 3 heterocycles. The highest BCUT2D eigenvalue weighted by Gasteiger charge is 2.21. The number of aromatic nitrogens is 5. The summed E-state index contributed by atoms with van der Waals surface area (Å²) in [6.45, 7) is 1.92. The van der Waals surface area contributed by atoms with Crippen LogP contribution in [0.3, 0.4) is 0 Å². The minimum absolute atomic E-state index is 0.0572. The van der Waals surface area contributed by atoms with Gasteiger partial charge in [-0.3, -0.25) is 9.36 Å². The van der Waals surface area contributed by atoms with Gasteiger partial charge in [0.25, 0.3) is 5.56 Å². The van der Waals surface area contributed by atoms with Crippen LogP contribution in [-0.4, -0.2) is 34.5 Å².